The number of hydrogen-bond donors (Lipinski definition) is 1. The number of carbonyl (C=O) groups is 2. The number of hydrogen-bond acceptors (Lipinski definition) is 6. The summed E-state index contributed by atoms with van der Waals surface area (Å²) >= 11 is 0. The fraction of sp³-hybridized carbons (Fsp3) is 0.440. The van der Waals surface area contributed by atoms with Gasteiger partial charge in [-0.2, -0.15) is 4.36 Å². The molecule has 1 fully saturated rings. The van der Waals surface area contributed by atoms with E-state index < -0.39 is 33.4 Å². The number of benzene rings is 2. The molecule has 184 valence electrons. The highest BCUT2D eigenvalue weighted by Gasteiger charge is 2.26. The van der Waals surface area contributed by atoms with Crippen LogP contribution in [0.5, 0.6) is 0 Å². The summed E-state index contributed by atoms with van der Waals surface area (Å²) in [5, 5.41) is 2.60. The molecular weight excluding hydrogens is 454 g/mol. The molecule has 0 radical (unpaired) electrons. The molecule has 0 spiro atoms. The van der Waals surface area contributed by atoms with Crippen molar-refractivity contribution in [2.24, 2.45) is 4.36 Å². The third-order valence-corrected chi connectivity index (χ3v) is 6.86. The van der Waals surface area contributed by atoms with Crippen LogP contribution in [0.25, 0.3) is 0 Å². The maximum atomic E-state index is 13.4. The van der Waals surface area contributed by atoms with Crippen molar-refractivity contribution in [1.82, 2.24) is 5.32 Å². The van der Waals surface area contributed by atoms with Crippen LogP contribution in [0.4, 0.5) is 10.5 Å². The minimum absolute atomic E-state index is 0.202. The number of amides is 2. The standard InChI is InChI=1S/C25H33N3O5S/c1-25(2,3)33-24(30)26-22(18-19-8-6-5-7-9-19)23(29)27-34(4,31)21-12-10-20(11-13-21)28-14-16-32-17-15-28/h5-13,22H,14-18H2,1-4H3,(H,26,30)/t22-,34-/m0/s1. The van der Waals surface area contributed by atoms with Gasteiger partial charge in [0.1, 0.15) is 11.6 Å². The average Bonchev–Trinajstić information content (AvgIpc) is 2.78. The number of ether oxygens (including phenoxy) is 2. The van der Waals surface area contributed by atoms with Gasteiger partial charge in [0.25, 0.3) is 5.91 Å². The number of nitrogens with zero attached hydrogens (tertiary/aromatic N) is 2. The van der Waals surface area contributed by atoms with Gasteiger partial charge in [-0.05, 0) is 50.6 Å². The molecule has 8 nitrogen and oxygen atoms in total. The lowest BCUT2D eigenvalue weighted by molar-refractivity contribution is -0.119. The molecule has 1 saturated heterocycles. The van der Waals surface area contributed by atoms with Gasteiger partial charge in [-0.1, -0.05) is 30.3 Å². The summed E-state index contributed by atoms with van der Waals surface area (Å²) in [5.74, 6) is -0.667. The van der Waals surface area contributed by atoms with Crippen LogP contribution in [0.2, 0.25) is 0 Å². The second-order valence-electron chi connectivity index (χ2n) is 9.21. The summed E-state index contributed by atoms with van der Waals surface area (Å²) in [6.45, 7) is 8.15. The summed E-state index contributed by atoms with van der Waals surface area (Å²) in [6.07, 6.45) is 0.907. The van der Waals surface area contributed by atoms with E-state index in [1.807, 2.05) is 42.5 Å². The lowest BCUT2D eigenvalue weighted by Crippen LogP contribution is -2.44. The molecule has 1 aliphatic heterocycles. The monoisotopic (exact) mass is 487 g/mol. The first kappa shape index (κ1) is 25.7. The summed E-state index contributed by atoms with van der Waals surface area (Å²) in [7, 11) is -3.03. The molecule has 1 heterocycles. The topological polar surface area (TPSA) is 97.3 Å². The number of alkyl carbamates (subject to hydrolysis) is 1. The van der Waals surface area contributed by atoms with Gasteiger partial charge in [0.2, 0.25) is 0 Å². The van der Waals surface area contributed by atoms with Crippen molar-refractivity contribution in [3.8, 4) is 0 Å². The van der Waals surface area contributed by atoms with Crippen molar-refractivity contribution in [3.05, 3.63) is 60.2 Å². The Morgan fingerprint density at radius 1 is 1.09 bits per heavy atom. The van der Waals surface area contributed by atoms with Crippen LogP contribution in [-0.4, -0.2) is 60.4 Å². The van der Waals surface area contributed by atoms with Crippen molar-refractivity contribution >= 4 is 27.4 Å². The number of morpholine rings is 1. The normalized spacial score (nSPS) is 16.8. The Morgan fingerprint density at radius 3 is 2.29 bits per heavy atom. The number of carbonyl (C=O) groups excluding carboxylic acids is 2. The average molecular weight is 488 g/mol. The first-order valence-electron chi connectivity index (χ1n) is 11.3. The van der Waals surface area contributed by atoms with Gasteiger partial charge in [-0.15, -0.1) is 0 Å². The summed E-state index contributed by atoms with van der Waals surface area (Å²) < 4.78 is 28.1. The second kappa shape index (κ2) is 11.0. The molecule has 1 aliphatic rings. The fourth-order valence-corrected chi connectivity index (χ4v) is 4.74. The fourth-order valence-electron chi connectivity index (χ4n) is 3.52. The van der Waals surface area contributed by atoms with Crippen molar-refractivity contribution in [3.63, 3.8) is 0 Å². The van der Waals surface area contributed by atoms with Crippen LogP contribution in [0.1, 0.15) is 26.3 Å². The smallest absolute Gasteiger partial charge is 0.408 e. The van der Waals surface area contributed by atoms with E-state index in [1.54, 1.807) is 32.9 Å². The molecule has 0 saturated carbocycles. The van der Waals surface area contributed by atoms with Crippen LogP contribution in [0.15, 0.2) is 63.9 Å². The van der Waals surface area contributed by atoms with E-state index in [0.29, 0.717) is 18.1 Å². The predicted molar refractivity (Wildman–Crippen MR) is 133 cm³/mol. The molecule has 9 heteroatoms. The minimum atomic E-state index is -3.03. The van der Waals surface area contributed by atoms with E-state index in [1.165, 1.54) is 6.26 Å². The molecule has 1 N–H and O–H groups in total. The largest absolute Gasteiger partial charge is 0.444 e. The first-order valence-corrected chi connectivity index (χ1v) is 13.2. The molecule has 2 aromatic carbocycles. The van der Waals surface area contributed by atoms with E-state index in [0.717, 1.165) is 24.3 Å². The van der Waals surface area contributed by atoms with Gasteiger partial charge in [0.05, 0.1) is 22.9 Å². The van der Waals surface area contributed by atoms with Crippen LogP contribution >= 0.6 is 0 Å². The van der Waals surface area contributed by atoms with E-state index >= 15 is 0 Å². The highest BCUT2D eigenvalue weighted by atomic mass is 32.2. The Hall–Kier alpha value is -2.91. The summed E-state index contributed by atoms with van der Waals surface area (Å²) in [4.78, 5) is 28.1. The Bertz CT molecular complexity index is 1100. The number of anilines is 1. The quantitative estimate of drug-likeness (QED) is 0.668. The summed E-state index contributed by atoms with van der Waals surface area (Å²) in [6, 6.07) is 15.5. The zero-order valence-corrected chi connectivity index (χ0v) is 21.0. The number of nitrogens with one attached hydrogen (secondary N) is 1. The van der Waals surface area contributed by atoms with Gasteiger partial charge in [-0.3, -0.25) is 4.79 Å². The molecule has 34 heavy (non-hydrogen) atoms. The van der Waals surface area contributed by atoms with Crippen LogP contribution in [-0.2, 0) is 30.4 Å². The van der Waals surface area contributed by atoms with E-state index in [9.17, 15) is 13.8 Å². The lowest BCUT2D eigenvalue weighted by Gasteiger charge is -2.28. The molecular formula is C25H33N3O5S. The molecule has 2 atom stereocenters. The Morgan fingerprint density at radius 2 is 1.71 bits per heavy atom. The van der Waals surface area contributed by atoms with Crippen LogP contribution < -0.4 is 10.2 Å². The zero-order valence-electron chi connectivity index (χ0n) is 20.2. The minimum Gasteiger partial charge on any atom is -0.444 e. The summed E-state index contributed by atoms with van der Waals surface area (Å²) in [5.41, 5.74) is 1.12. The maximum Gasteiger partial charge on any atom is 0.408 e. The van der Waals surface area contributed by atoms with E-state index in [4.69, 9.17) is 9.47 Å². The SMILES string of the molecule is CC(C)(C)OC(=O)N[C@@H](Cc1ccccc1)C(=O)N=[S@@](C)(=O)c1ccc(N2CCOCC2)cc1. The molecule has 3 rings (SSSR count). The lowest BCUT2D eigenvalue weighted by atomic mass is 10.1. The highest BCUT2D eigenvalue weighted by molar-refractivity contribution is 7.93. The van der Waals surface area contributed by atoms with E-state index in [2.05, 4.69) is 14.6 Å². The third kappa shape index (κ3) is 7.56. The Labute approximate surface area is 201 Å². The first-order chi connectivity index (χ1) is 16.0. The number of rotatable bonds is 6. The molecule has 2 aromatic rings. The van der Waals surface area contributed by atoms with Crippen LogP contribution in [0, 0.1) is 0 Å². The zero-order chi connectivity index (χ0) is 24.8. The predicted octanol–water partition coefficient (Wildman–Crippen LogP) is 3.64. The molecule has 0 aromatic heterocycles. The van der Waals surface area contributed by atoms with Crippen molar-refractivity contribution in [2.75, 3.05) is 37.5 Å². The van der Waals surface area contributed by atoms with E-state index in [-0.39, 0.29) is 6.42 Å². The van der Waals surface area contributed by atoms with Crippen molar-refractivity contribution in [1.29, 1.82) is 0 Å². The molecule has 0 unspecified atom stereocenters. The third-order valence-electron chi connectivity index (χ3n) is 5.19. The van der Waals surface area contributed by atoms with Gasteiger partial charge < -0.3 is 19.7 Å². The van der Waals surface area contributed by atoms with Crippen LogP contribution in [0.3, 0.4) is 0 Å². The Kier molecular flexibility index (Phi) is 8.33. The Balaban J connectivity index is 1.81. The molecule has 0 bridgehead atoms. The van der Waals surface area contributed by atoms with Gasteiger partial charge in [0.15, 0.2) is 0 Å². The molecule has 0 aliphatic carbocycles. The molecule has 2 amide bonds. The van der Waals surface area contributed by atoms with Gasteiger partial charge in [-0.25, -0.2) is 9.00 Å². The maximum absolute atomic E-state index is 13.4. The second-order valence-corrected chi connectivity index (χ2v) is 11.5. The van der Waals surface area contributed by atoms with Gasteiger partial charge >= 0.3 is 6.09 Å². The van der Waals surface area contributed by atoms with Crippen molar-refractivity contribution in [2.45, 2.75) is 43.7 Å². The highest BCUT2D eigenvalue weighted by Crippen LogP contribution is 2.20. The van der Waals surface area contributed by atoms with Gasteiger partial charge in [0, 0.05) is 36.3 Å². The van der Waals surface area contributed by atoms with Crippen molar-refractivity contribution < 1.29 is 23.3 Å².